The van der Waals surface area contributed by atoms with Gasteiger partial charge in [0.25, 0.3) is 5.91 Å². The third-order valence-corrected chi connectivity index (χ3v) is 4.78. The molecule has 1 aromatic heterocycles. The van der Waals surface area contributed by atoms with Crippen molar-refractivity contribution in [3.63, 3.8) is 0 Å². The van der Waals surface area contributed by atoms with Crippen molar-refractivity contribution in [1.82, 2.24) is 20.1 Å². The number of aromatic nitrogens is 3. The zero-order valence-electron chi connectivity index (χ0n) is 17.2. The van der Waals surface area contributed by atoms with Crippen LogP contribution in [0.1, 0.15) is 21.7 Å². The fraction of sp³-hybridized carbons (Fsp3) is 0.250. The van der Waals surface area contributed by atoms with Crippen molar-refractivity contribution in [1.29, 1.82) is 0 Å². The summed E-state index contributed by atoms with van der Waals surface area (Å²) in [5.41, 5.74) is -0.444. The molecular formula is C20H19F3N4O4S. The maximum atomic E-state index is 13.1. The molecule has 170 valence electrons. The zero-order valence-corrected chi connectivity index (χ0v) is 18.1. The summed E-state index contributed by atoms with van der Waals surface area (Å²) in [5, 5.41) is 9.22. The summed E-state index contributed by atoms with van der Waals surface area (Å²) in [6, 6.07) is 7.59. The molecule has 0 bridgehead atoms. The quantitative estimate of drug-likeness (QED) is 0.511. The largest absolute Gasteiger partial charge is 0.493 e. The Labute approximate surface area is 185 Å². The number of H-pyrrole nitrogens is 1. The summed E-state index contributed by atoms with van der Waals surface area (Å²) in [6.07, 6.45) is -4.51. The van der Waals surface area contributed by atoms with Gasteiger partial charge in [-0.15, -0.1) is 0 Å². The Hall–Kier alpha value is -3.54. The SMILES string of the molecule is COc1cc(C(=O)NCc2n[nH]c(=S)n2-c2cccc(C(F)(F)F)c2)cc(OC)c1OC. The first kappa shape index (κ1) is 23.1. The van der Waals surface area contributed by atoms with Crippen molar-refractivity contribution in [2.24, 2.45) is 0 Å². The van der Waals surface area contributed by atoms with Crippen molar-refractivity contribution < 1.29 is 32.2 Å². The maximum absolute atomic E-state index is 13.1. The minimum Gasteiger partial charge on any atom is -0.493 e. The molecule has 0 aliphatic heterocycles. The molecule has 2 N–H and O–H groups in total. The van der Waals surface area contributed by atoms with Crippen LogP contribution in [0.5, 0.6) is 17.2 Å². The highest BCUT2D eigenvalue weighted by Gasteiger charge is 2.30. The van der Waals surface area contributed by atoms with Crippen LogP contribution in [-0.4, -0.2) is 42.0 Å². The van der Waals surface area contributed by atoms with Gasteiger partial charge in [-0.05, 0) is 42.5 Å². The number of amides is 1. The number of benzene rings is 2. The highest BCUT2D eigenvalue weighted by Crippen LogP contribution is 2.38. The van der Waals surface area contributed by atoms with E-state index in [1.54, 1.807) is 0 Å². The smallest absolute Gasteiger partial charge is 0.416 e. The lowest BCUT2D eigenvalue weighted by Crippen LogP contribution is -2.24. The highest BCUT2D eigenvalue weighted by atomic mass is 32.1. The summed E-state index contributed by atoms with van der Waals surface area (Å²) < 4.78 is 56.4. The molecule has 0 fully saturated rings. The van der Waals surface area contributed by atoms with E-state index in [0.29, 0.717) is 17.2 Å². The second-order valence-electron chi connectivity index (χ2n) is 6.43. The van der Waals surface area contributed by atoms with E-state index in [-0.39, 0.29) is 28.4 Å². The third kappa shape index (κ3) is 4.69. The third-order valence-electron chi connectivity index (χ3n) is 4.51. The Morgan fingerprint density at radius 2 is 1.78 bits per heavy atom. The van der Waals surface area contributed by atoms with Crippen molar-refractivity contribution in [2.45, 2.75) is 12.7 Å². The number of rotatable bonds is 7. The molecule has 0 atom stereocenters. The van der Waals surface area contributed by atoms with Gasteiger partial charge in [0.1, 0.15) is 0 Å². The molecule has 3 aromatic rings. The summed E-state index contributed by atoms with van der Waals surface area (Å²) in [4.78, 5) is 12.7. The van der Waals surface area contributed by atoms with Gasteiger partial charge in [-0.2, -0.15) is 18.3 Å². The number of carbonyl (C=O) groups is 1. The van der Waals surface area contributed by atoms with Gasteiger partial charge in [-0.1, -0.05) is 6.07 Å². The topological polar surface area (TPSA) is 90.4 Å². The fourth-order valence-electron chi connectivity index (χ4n) is 3.01. The lowest BCUT2D eigenvalue weighted by molar-refractivity contribution is -0.137. The molecule has 0 aliphatic rings. The number of nitrogens with zero attached hydrogens (tertiary/aromatic N) is 2. The average Bonchev–Trinajstić information content (AvgIpc) is 3.15. The van der Waals surface area contributed by atoms with Crippen molar-refractivity contribution in [2.75, 3.05) is 21.3 Å². The standard InChI is InChI=1S/C20H19F3N4O4S/c1-29-14-7-11(8-15(30-2)17(14)31-3)18(28)24-10-16-25-26-19(32)27(16)13-6-4-5-12(9-13)20(21,22)23/h4-9H,10H2,1-3H3,(H,24,28)(H,26,32). The van der Waals surface area contributed by atoms with Crippen LogP contribution in [0.25, 0.3) is 5.69 Å². The first-order valence-corrected chi connectivity index (χ1v) is 9.52. The molecule has 0 spiro atoms. The Bertz CT molecular complexity index is 1170. The lowest BCUT2D eigenvalue weighted by atomic mass is 10.1. The number of methoxy groups -OCH3 is 3. The van der Waals surface area contributed by atoms with Crippen molar-refractivity contribution >= 4 is 18.1 Å². The van der Waals surface area contributed by atoms with E-state index in [1.165, 1.54) is 50.2 Å². The molecule has 1 heterocycles. The predicted octanol–water partition coefficient (Wildman–Crippen LogP) is 3.90. The van der Waals surface area contributed by atoms with Crippen LogP contribution in [0.3, 0.4) is 0 Å². The molecule has 2 aromatic carbocycles. The van der Waals surface area contributed by atoms with Gasteiger partial charge in [0.05, 0.1) is 39.1 Å². The minimum atomic E-state index is -4.51. The van der Waals surface area contributed by atoms with Gasteiger partial charge < -0.3 is 19.5 Å². The molecule has 1 amide bonds. The molecule has 8 nitrogen and oxygen atoms in total. The maximum Gasteiger partial charge on any atom is 0.416 e. The average molecular weight is 468 g/mol. The number of alkyl halides is 3. The highest BCUT2D eigenvalue weighted by molar-refractivity contribution is 7.71. The number of aromatic amines is 1. The van der Waals surface area contributed by atoms with Crippen LogP contribution in [0.4, 0.5) is 13.2 Å². The number of ether oxygens (including phenoxy) is 3. The van der Waals surface area contributed by atoms with Crippen LogP contribution in [0.15, 0.2) is 36.4 Å². The molecule has 0 saturated carbocycles. The number of nitrogens with one attached hydrogen (secondary N) is 2. The van der Waals surface area contributed by atoms with Crippen LogP contribution in [0.2, 0.25) is 0 Å². The van der Waals surface area contributed by atoms with E-state index in [2.05, 4.69) is 15.5 Å². The zero-order chi connectivity index (χ0) is 23.5. The minimum absolute atomic E-state index is 0.0846. The Balaban J connectivity index is 1.87. The van der Waals surface area contributed by atoms with Crippen LogP contribution in [0, 0.1) is 4.77 Å². The molecule has 0 radical (unpaired) electrons. The molecule has 0 unspecified atom stereocenters. The summed E-state index contributed by atoms with van der Waals surface area (Å²) in [7, 11) is 4.29. The first-order chi connectivity index (χ1) is 15.2. The predicted molar refractivity (Wildman–Crippen MR) is 111 cm³/mol. The van der Waals surface area contributed by atoms with Crippen LogP contribution >= 0.6 is 12.2 Å². The molecule has 32 heavy (non-hydrogen) atoms. The monoisotopic (exact) mass is 468 g/mol. The van der Waals surface area contributed by atoms with Crippen LogP contribution < -0.4 is 19.5 Å². The second-order valence-corrected chi connectivity index (χ2v) is 6.81. The Kier molecular flexibility index (Phi) is 6.72. The lowest BCUT2D eigenvalue weighted by Gasteiger charge is -2.14. The first-order valence-electron chi connectivity index (χ1n) is 9.11. The fourth-order valence-corrected chi connectivity index (χ4v) is 3.27. The normalized spacial score (nSPS) is 11.2. The van der Waals surface area contributed by atoms with Gasteiger partial charge in [-0.3, -0.25) is 14.5 Å². The number of halogens is 3. The second kappa shape index (κ2) is 9.30. The van der Waals surface area contributed by atoms with Crippen LogP contribution in [-0.2, 0) is 12.7 Å². The van der Waals surface area contributed by atoms with E-state index in [9.17, 15) is 18.0 Å². The van der Waals surface area contributed by atoms with E-state index in [1.807, 2.05) is 0 Å². The molecular weight excluding hydrogens is 449 g/mol. The number of carbonyl (C=O) groups excluding carboxylic acids is 1. The molecule has 0 aliphatic carbocycles. The number of hydrogen-bond donors (Lipinski definition) is 2. The van der Waals surface area contributed by atoms with Gasteiger partial charge >= 0.3 is 6.18 Å². The molecule has 3 rings (SSSR count). The van der Waals surface area contributed by atoms with E-state index in [4.69, 9.17) is 26.4 Å². The molecule has 0 saturated heterocycles. The van der Waals surface area contributed by atoms with E-state index < -0.39 is 17.6 Å². The van der Waals surface area contributed by atoms with Gasteiger partial charge in [-0.25, -0.2) is 0 Å². The van der Waals surface area contributed by atoms with E-state index in [0.717, 1.165) is 12.1 Å². The van der Waals surface area contributed by atoms with Gasteiger partial charge in [0, 0.05) is 5.56 Å². The summed E-state index contributed by atoms with van der Waals surface area (Å²) >= 11 is 5.16. The van der Waals surface area contributed by atoms with Crippen molar-refractivity contribution in [3.05, 3.63) is 58.1 Å². The summed E-state index contributed by atoms with van der Waals surface area (Å²) in [5.74, 6) is 0.646. The van der Waals surface area contributed by atoms with Gasteiger partial charge in [0.15, 0.2) is 22.1 Å². The molecule has 12 heteroatoms. The number of hydrogen-bond acceptors (Lipinski definition) is 6. The van der Waals surface area contributed by atoms with E-state index >= 15 is 0 Å². The van der Waals surface area contributed by atoms with Gasteiger partial charge in [0.2, 0.25) is 5.75 Å². The summed E-state index contributed by atoms with van der Waals surface area (Å²) in [6.45, 7) is -0.112. The Morgan fingerprint density at radius 3 is 2.34 bits per heavy atom. The Morgan fingerprint density at radius 1 is 1.12 bits per heavy atom. The van der Waals surface area contributed by atoms with Crippen molar-refractivity contribution in [3.8, 4) is 22.9 Å².